The number of carbonyl (C=O) groups excluding carboxylic acids is 1. The summed E-state index contributed by atoms with van der Waals surface area (Å²) in [5, 5.41) is 2.99. The van der Waals surface area contributed by atoms with Crippen LogP contribution in [0.3, 0.4) is 0 Å². The lowest BCUT2D eigenvalue weighted by Gasteiger charge is -2.31. The number of hydrogen-bond donors (Lipinski definition) is 1. The molecule has 1 aliphatic rings. The van der Waals surface area contributed by atoms with Gasteiger partial charge in [-0.15, -0.1) is 0 Å². The molecule has 7 heteroatoms. The van der Waals surface area contributed by atoms with Crippen molar-refractivity contribution in [1.82, 2.24) is 0 Å². The number of para-hydroxylation sites is 1. The van der Waals surface area contributed by atoms with Gasteiger partial charge in [-0.05, 0) is 25.5 Å². The van der Waals surface area contributed by atoms with Crippen LogP contribution in [-0.2, 0) is 9.53 Å². The zero-order valence-electron chi connectivity index (χ0n) is 21.0. The zero-order valence-corrected chi connectivity index (χ0v) is 21.0. The minimum atomic E-state index is -0.158. The fourth-order valence-electron chi connectivity index (χ4n) is 4.16. The minimum absolute atomic E-state index is 0.158. The summed E-state index contributed by atoms with van der Waals surface area (Å²) in [6.45, 7) is 8.02. The van der Waals surface area contributed by atoms with Crippen LogP contribution < -0.4 is 24.4 Å². The highest BCUT2D eigenvalue weighted by molar-refractivity contribution is 5.93. The van der Waals surface area contributed by atoms with Crippen molar-refractivity contribution in [3.63, 3.8) is 0 Å². The van der Waals surface area contributed by atoms with Crippen LogP contribution in [-0.4, -0.2) is 52.0 Å². The second-order valence-electron chi connectivity index (χ2n) is 8.29. The van der Waals surface area contributed by atoms with Gasteiger partial charge in [-0.3, -0.25) is 4.79 Å². The molecule has 3 aromatic carbocycles. The molecule has 1 N–H and O–H groups in total. The van der Waals surface area contributed by atoms with Crippen molar-refractivity contribution in [1.29, 1.82) is 0 Å². The monoisotopic (exact) mass is 490 g/mol. The van der Waals surface area contributed by atoms with Gasteiger partial charge in [0.15, 0.2) is 0 Å². The lowest BCUT2D eigenvalue weighted by molar-refractivity contribution is -0.116. The van der Waals surface area contributed by atoms with Gasteiger partial charge < -0.3 is 29.2 Å². The van der Waals surface area contributed by atoms with E-state index < -0.39 is 0 Å². The summed E-state index contributed by atoms with van der Waals surface area (Å²) in [7, 11) is 0. The SMILES string of the molecule is CCOc1cc(N2CCOCC2)c(OCC)cc1NC(=O)CCOc1ccccc1-c1ccccc1. The number of benzene rings is 3. The van der Waals surface area contributed by atoms with Crippen LogP contribution >= 0.6 is 0 Å². The van der Waals surface area contributed by atoms with Crippen molar-refractivity contribution in [2.45, 2.75) is 20.3 Å². The first-order valence-electron chi connectivity index (χ1n) is 12.5. The van der Waals surface area contributed by atoms with Crippen molar-refractivity contribution in [2.24, 2.45) is 0 Å². The summed E-state index contributed by atoms with van der Waals surface area (Å²) in [6, 6.07) is 21.7. The van der Waals surface area contributed by atoms with Crippen LogP contribution in [0.25, 0.3) is 11.1 Å². The number of nitrogens with one attached hydrogen (secondary N) is 1. The summed E-state index contributed by atoms with van der Waals surface area (Å²) in [5.41, 5.74) is 3.61. The van der Waals surface area contributed by atoms with E-state index in [0.717, 1.165) is 35.7 Å². The van der Waals surface area contributed by atoms with Gasteiger partial charge in [0.1, 0.15) is 17.2 Å². The van der Waals surface area contributed by atoms with Gasteiger partial charge in [-0.2, -0.15) is 0 Å². The van der Waals surface area contributed by atoms with Gasteiger partial charge >= 0.3 is 0 Å². The summed E-state index contributed by atoms with van der Waals surface area (Å²) in [4.78, 5) is 15.1. The third-order valence-corrected chi connectivity index (χ3v) is 5.85. The first-order valence-corrected chi connectivity index (χ1v) is 12.5. The first kappa shape index (κ1) is 25.4. The van der Waals surface area contributed by atoms with Gasteiger partial charge in [0.2, 0.25) is 5.91 Å². The molecule has 0 unspecified atom stereocenters. The molecule has 1 aliphatic heterocycles. The lowest BCUT2D eigenvalue weighted by atomic mass is 10.1. The second kappa shape index (κ2) is 12.8. The number of morpholine rings is 1. The molecule has 1 fully saturated rings. The van der Waals surface area contributed by atoms with Crippen molar-refractivity contribution in [2.75, 3.05) is 56.3 Å². The first-order chi connectivity index (χ1) is 17.7. The molecule has 36 heavy (non-hydrogen) atoms. The molecule has 1 saturated heterocycles. The topological polar surface area (TPSA) is 69.3 Å². The Morgan fingerprint density at radius 1 is 0.861 bits per heavy atom. The molecule has 0 aromatic heterocycles. The highest BCUT2D eigenvalue weighted by Crippen LogP contribution is 2.39. The predicted octanol–water partition coefficient (Wildman–Crippen LogP) is 5.40. The van der Waals surface area contributed by atoms with Crippen LogP contribution in [0.5, 0.6) is 17.2 Å². The van der Waals surface area contributed by atoms with Crippen molar-refractivity contribution in [3.8, 4) is 28.4 Å². The molecule has 1 heterocycles. The normalized spacial score (nSPS) is 13.2. The summed E-state index contributed by atoms with van der Waals surface area (Å²) in [6.07, 6.45) is 0.198. The predicted molar refractivity (Wildman–Crippen MR) is 142 cm³/mol. The molecule has 190 valence electrons. The standard InChI is InChI=1S/C29H34N2O5/c1-3-34-27-21-25(31-15-18-33-19-16-31)28(35-4-2)20-24(27)30-29(32)14-17-36-26-13-9-8-12-23(26)22-10-6-5-7-11-22/h5-13,20-21H,3-4,14-19H2,1-2H3,(H,30,32). The molecule has 0 aliphatic carbocycles. The Morgan fingerprint density at radius 3 is 2.31 bits per heavy atom. The van der Waals surface area contributed by atoms with E-state index in [1.54, 1.807) is 0 Å². The van der Waals surface area contributed by atoms with Gasteiger partial charge in [0.25, 0.3) is 0 Å². The van der Waals surface area contributed by atoms with Crippen molar-refractivity contribution < 1.29 is 23.7 Å². The van der Waals surface area contributed by atoms with Crippen LogP contribution in [0, 0.1) is 0 Å². The van der Waals surface area contributed by atoms with Crippen LogP contribution in [0.2, 0.25) is 0 Å². The summed E-state index contributed by atoms with van der Waals surface area (Å²) in [5.74, 6) is 1.92. The molecule has 0 atom stereocenters. The number of amides is 1. The van der Waals surface area contributed by atoms with Crippen LogP contribution in [0.1, 0.15) is 20.3 Å². The fourth-order valence-corrected chi connectivity index (χ4v) is 4.16. The Labute approximate surface area is 212 Å². The van der Waals surface area contributed by atoms with E-state index in [1.165, 1.54) is 0 Å². The molecule has 0 bridgehead atoms. The zero-order chi connectivity index (χ0) is 25.2. The highest BCUT2D eigenvalue weighted by atomic mass is 16.5. The van der Waals surface area contributed by atoms with Gasteiger partial charge in [-0.1, -0.05) is 48.5 Å². The Morgan fingerprint density at radius 2 is 1.56 bits per heavy atom. The Bertz CT molecular complexity index is 1130. The smallest absolute Gasteiger partial charge is 0.227 e. The highest BCUT2D eigenvalue weighted by Gasteiger charge is 2.20. The number of carbonyl (C=O) groups is 1. The Balaban J connectivity index is 1.44. The van der Waals surface area contributed by atoms with E-state index in [9.17, 15) is 4.79 Å². The van der Waals surface area contributed by atoms with E-state index in [2.05, 4.69) is 10.2 Å². The molecule has 4 rings (SSSR count). The summed E-state index contributed by atoms with van der Waals surface area (Å²) >= 11 is 0. The number of rotatable bonds is 11. The van der Waals surface area contributed by atoms with Gasteiger partial charge in [-0.25, -0.2) is 0 Å². The minimum Gasteiger partial charge on any atom is -0.492 e. The third-order valence-electron chi connectivity index (χ3n) is 5.85. The second-order valence-corrected chi connectivity index (χ2v) is 8.29. The molecule has 7 nitrogen and oxygen atoms in total. The van der Waals surface area contributed by atoms with Crippen LogP contribution in [0.4, 0.5) is 11.4 Å². The van der Waals surface area contributed by atoms with Crippen molar-refractivity contribution >= 4 is 17.3 Å². The summed E-state index contributed by atoms with van der Waals surface area (Å²) < 4.78 is 23.3. The van der Waals surface area contributed by atoms with Crippen molar-refractivity contribution in [3.05, 3.63) is 66.7 Å². The number of hydrogen-bond acceptors (Lipinski definition) is 6. The average molecular weight is 491 g/mol. The van der Waals surface area contributed by atoms with E-state index in [0.29, 0.717) is 43.6 Å². The fraction of sp³-hybridized carbons (Fsp3) is 0.345. The van der Waals surface area contributed by atoms with E-state index >= 15 is 0 Å². The lowest BCUT2D eigenvalue weighted by Crippen LogP contribution is -2.36. The maximum Gasteiger partial charge on any atom is 0.227 e. The average Bonchev–Trinajstić information content (AvgIpc) is 2.91. The largest absolute Gasteiger partial charge is 0.492 e. The molecule has 0 saturated carbocycles. The van der Waals surface area contributed by atoms with E-state index in [-0.39, 0.29) is 18.9 Å². The van der Waals surface area contributed by atoms with Gasteiger partial charge in [0, 0.05) is 30.8 Å². The third kappa shape index (κ3) is 6.49. The molecule has 0 spiro atoms. The number of anilines is 2. The van der Waals surface area contributed by atoms with Gasteiger partial charge in [0.05, 0.1) is 50.8 Å². The quantitative estimate of drug-likeness (QED) is 0.388. The molecule has 1 amide bonds. The number of nitrogens with zero attached hydrogens (tertiary/aromatic N) is 1. The number of ether oxygens (including phenoxy) is 4. The maximum absolute atomic E-state index is 12.9. The Kier molecular flexibility index (Phi) is 9.05. The van der Waals surface area contributed by atoms with E-state index in [1.807, 2.05) is 80.6 Å². The molecular formula is C29H34N2O5. The van der Waals surface area contributed by atoms with E-state index in [4.69, 9.17) is 18.9 Å². The molecule has 0 radical (unpaired) electrons. The van der Waals surface area contributed by atoms with Crippen LogP contribution in [0.15, 0.2) is 66.7 Å². The molecule has 3 aromatic rings. The maximum atomic E-state index is 12.9. The Hall–Kier alpha value is -3.71. The molecular weight excluding hydrogens is 456 g/mol.